The minimum Gasteiger partial charge on any atom is -0.492 e. The normalized spacial score (nSPS) is 14.5. The Hall–Kier alpha value is -1.17. The maximum Gasteiger partial charge on any atom is 0.229 e. The van der Waals surface area contributed by atoms with Crippen LogP contribution >= 0.6 is 24.8 Å². The van der Waals surface area contributed by atoms with E-state index in [-0.39, 0.29) is 30.7 Å². The zero-order chi connectivity index (χ0) is 16.2. The Morgan fingerprint density at radius 2 is 1.75 bits per heavy atom. The summed E-state index contributed by atoms with van der Waals surface area (Å²) in [6.45, 7) is 9.91. The highest BCUT2D eigenvalue weighted by molar-refractivity contribution is 5.85. The van der Waals surface area contributed by atoms with Crippen LogP contribution in [-0.4, -0.2) is 50.1 Å². The summed E-state index contributed by atoms with van der Waals surface area (Å²) in [4.78, 5) is 16.7. The lowest BCUT2D eigenvalue weighted by Gasteiger charge is -2.39. The molecule has 0 aliphatic carbocycles. The monoisotopic (exact) mass is 377 g/mol. The molecule has 0 saturated carbocycles. The number of amides is 1. The van der Waals surface area contributed by atoms with Crippen molar-refractivity contribution in [1.29, 1.82) is 0 Å². The van der Waals surface area contributed by atoms with E-state index in [2.05, 4.69) is 11.0 Å². The fourth-order valence-corrected chi connectivity index (χ4v) is 2.66. The fourth-order valence-electron chi connectivity index (χ4n) is 2.66. The molecule has 1 aliphatic heterocycles. The summed E-state index contributed by atoms with van der Waals surface area (Å²) in [6.07, 6.45) is 0. The molecule has 0 spiro atoms. The highest BCUT2D eigenvalue weighted by Gasteiger charge is 2.32. The molecule has 0 bridgehead atoms. The van der Waals surface area contributed by atoms with Gasteiger partial charge in [0.15, 0.2) is 0 Å². The van der Waals surface area contributed by atoms with Crippen LogP contribution in [0, 0.1) is 5.41 Å². The van der Waals surface area contributed by atoms with Gasteiger partial charge in [0.2, 0.25) is 5.91 Å². The van der Waals surface area contributed by atoms with Crippen molar-refractivity contribution < 1.29 is 9.53 Å². The van der Waals surface area contributed by atoms with E-state index in [4.69, 9.17) is 10.5 Å². The second-order valence-corrected chi connectivity index (χ2v) is 6.27. The number of halogens is 2. The zero-order valence-electron chi connectivity index (χ0n) is 14.7. The summed E-state index contributed by atoms with van der Waals surface area (Å²) in [5.74, 6) is 1.06. The van der Waals surface area contributed by atoms with E-state index >= 15 is 0 Å². The molecule has 0 radical (unpaired) electrons. The molecule has 1 aliphatic rings. The van der Waals surface area contributed by atoms with Crippen molar-refractivity contribution in [2.24, 2.45) is 11.1 Å². The molecule has 1 saturated heterocycles. The summed E-state index contributed by atoms with van der Waals surface area (Å²) in [7, 11) is 0. The number of piperazine rings is 1. The highest BCUT2D eigenvalue weighted by atomic mass is 35.5. The number of hydrogen-bond donors (Lipinski definition) is 1. The average Bonchev–Trinajstić information content (AvgIpc) is 2.55. The van der Waals surface area contributed by atoms with Crippen molar-refractivity contribution in [3.8, 4) is 5.75 Å². The Kier molecular flexibility index (Phi) is 9.48. The first-order valence-electron chi connectivity index (χ1n) is 7.96. The van der Waals surface area contributed by atoms with Gasteiger partial charge in [-0.05, 0) is 32.9 Å². The number of nitrogens with zero attached hydrogens (tertiary/aromatic N) is 2. The summed E-state index contributed by atoms with van der Waals surface area (Å²) in [6, 6.07) is 8.07. The number of carbonyl (C=O) groups excluding carboxylic acids is 1. The molecule has 2 rings (SSSR count). The van der Waals surface area contributed by atoms with E-state index in [1.165, 1.54) is 0 Å². The maximum atomic E-state index is 12.5. The molecule has 0 aromatic heterocycles. The standard InChI is InChI=1S/C17H27N3O2.2ClH/c1-4-22-15-8-6-5-7-14(15)19-9-11-20(12-10-19)16(21)17(2,3)13-18;;/h5-8H,4,9-13,18H2,1-3H3;2*1H. The van der Waals surface area contributed by atoms with E-state index in [0.29, 0.717) is 13.2 Å². The van der Waals surface area contributed by atoms with Gasteiger partial charge in [-0.3, -0.25) is 4.79 Å². The minimum atomic E-state index is -0.481. The number of hydrogen-bond acceptors (Lipinski definition) is 4. The molecule has 0 unspecified atom stereocenters. The average molecular weight is 378 g/mol. The third kappa shape index (κ3) is 5.16. The molecule has 138 valence electrons. The van der Waals surface area contributed by atoms with Gasteiger partial charge in [0.25, 0.3) is 0 Å². The first-order chi connectivity index (χ1) is 10.5. The number of para-hydroxylation sites is 2. The molecular formula is C17H29Cl2N3O2. The van der Waals surface area contributed by atoms with Gasteiger partial charge < -0.3 is 20.3 Å². The van der Waals surface area contributed by atoms with Gasteiger partial charge in [-0.1, -0.05) is 12.1 Å². The van der Waals surface area contributed by atoms with Crippen LogP contribution in [0.1, 0.15) is 20.8 Å². The van der Waals surface area contributed by atoms with E-state index in [1.54, 1.807) is 0 Å². The number of benzene rings is 1. The van der Waals surface area contributed by atoms with E-state index in [9.17, 15) is 4.79 Å². The predicted molar refractivity (Wildman–Crippen MR) is 104 cm³/mol. The van der Waals surface area contributed by atoms with Crippen LogP contribution in [0.4, 0.5) is 5.69 Å². The lowest BCUT2D eigenvalue weighted by molar-refractivity contribution is -0.140. The van der Waals surface area contributed by atoms with Crippen molar-refractivity contribution in [2.45, 2.75) is 20.8 Å². The number of rotatable bonds is 5. The molecule has 1 amide bonds. The quantitative estimate of drug-likeness (QED) is 0.856. The third-order valence-electron chi connectivity index (χ3n) is 4.16. The van der Waals surface area contributed by atoms with Crippen molar-refractivity contribution in [1.82, 2.24) is 4.90 Å². The van der Waals surface area contributed by atoms with Crippen molar-refractivity contribution in [2.75, 3.05) is 44.2 Å². The number of ether oxygens (including phenoxy) is 1. The first kappa shape index (κ1) is 22.8. The summed E-state index contributed by atoms with van der Waals surface area (Å²) >= 11 is 0. The highest BCUT2D eigenvalue weighted by Crippen LogP contribution is 2.29. The van der Waals surface area contributed by atoms with Crippen LogP contribution in [-0.2, 0) is 4.79 Å². The summed E-state index contributed by atoms with van der Waals surface area (Å²) in [5, 5.41) is 0. The molecular weight excluding hydrogens is 349 g/mol. The second-order valence-electron chi connectivity index (χ2n) is 6.27. The van der Waals surface area contributed by atoms with E-state index < -0.39 is 5.41 Å². The van der Waals surface area contributed by atoms with Gasteiger partial charge >= 0.3 is 0 Å². The Labute approximate surface area is 157 Å². The third-order valence-corrected chi connectivity index (χ3v) is 4.16. The molecule has 0 atom stereocenters. The van der Waals surface area contributed by atoms with E-state index in [1.807, 2.05) is 43.9 Å². The SMILES string of the molecule is CCOc1ccccc1N1CCN(C(=O)C(C)(C)CN)CC1.Cl.Cl. The topological polar surface area (TPSA) is 58.8 Å². The smallest absolute Gasteiger partial charge is 0.229 e. The second kappa shape index (κ2) is 9.97. The lowest BCUT2D eigenvalue weighted by atomic mass is 9.91. The largest absolute Gasteiger partial charge is 0.492 e. The molecule has 5 nitrogen and oxygen atoms in total. The van der Waals surface area contributed by atoms with Gasteiger partial charge in [0, 0.05) is 32.7 Å². The predicted octanol–water partition coefficient (Wildman–Crippen LogP) is 2.56. The molecule has 7 heteroatoms. The van der Waals surface area contributed by atoms with Gasteiger partial charge in [0.05, 0.1) is 17.7 Å². The maximum absolute atomic E-state index is 12.5. The first-order valence-corrected chi connectivity index (χ1v) is 7.96. The number of anilines is 1. The molecule has 1 fully saturated rings. The summed E-state index contributed by atoms with van der Waals surface area (Å²) < 4.78 is 5.70. The van der Waals surface area contributed by atoms with Crippen LogP contribution in [0.3, 0.4) is 0 Å². The van der Waals surface area contributed by atoms with Crippen LogP contribution in [0.2, 0.25) is 0 Å². The van der Waals surface area contributed by atoms with Crippen LogP contribution in [0.25, 0.3) is 0 Å². The van der Waals surface area contributed by atoms with Crippen molar-refractivity contribution in [3.05, 3.63) is 24.3 Å². The molecule has 2 N–H and O–H groups in total. The van der Waals surface area contributed by atoms with Crippen molar-refractivity contribution >= 4 is 36.4 Å². The molecule has 1 aromatic carbocycles. The van der Waals surface area contributed by atoms with Gasteiger partial charge in [-0.2, -0.15) is 0 Å². The Morgan fingerprint density at radius 1 is 1.17 bits per heavy atom. The van der Waals surface area contributed by atoms with Gasteiger partial charge in [0.1, 0.15) is 5.75 Å². The van der Waals surface area contributed by atoms with Gasteiger partial charge in [-0.25, -0.2) is 0 Å². The minimum absolute atomic E-state index is 0. The van der Waals surface area contributed by atoms with Crippen LogP contribution in [0.5, 0.6) is 5.75 Å². The fraction of sp³-hybridized carbons (Fsp3) is 0.588. The molecule has 24 heavy (non-hydrogen) atoms. The zero-order valence-corrected chi connectivity index (χ0v) is 16.3. The number of carbonyl (C=O) groups is 1. The molecule has 1 aromatic rings. The Bertz CT molecular complexity index is 518. The van der Waals surface area contributed by atoms with Gasteiger partial charge in [-0.15, -0.1) is 24.8 Å². The summed E-state index contributed by atoms with van der Waals surface area (Å²) in [5.41, 5.74) is 6.34. The Balaban J connectivity index is 0.00000264. The molecule has 1 heterocycles. The van der Waals surface area contributed by atoms with Crippen molar-refractivity contribution in [3.63, 3.8) is 0 Å². The lowest BCUT2D eigenvalue weighted by Crippen LogP contribution is -2.53. The Morgan fingerprint density at radius 3 is 2.29 bits per heavy atom. The number of nitrogens with two attached hydrogens (primary N) is 1. The van der Waals surface area contributed by atoms with E-state index in [0.717, 1.165) is 37.6 Å². The van der Waals surface area contributed by atoms with Crippen LogP contribution in [0.15, 0.2) is 24.3 Å². The van der Waals surface area contributed by atoms with Crippen LogP contribution < -0.4 is 15.4 Å².